The van der Waals surface area contributed by atoms with Crippen LogP contribution in [-0.4, -0.2) is 45.0 Å². The molecule has 0 bridgehead atoms. The van der Waals surface area contributed by atoms with E-state index < -0.39 is 0 Å². The van der Waals surface area contributed by atoms with Crippen LogP contribution in [0.15, 0.2) is 308 Å². The highest BCUT2D eigenvalue weighted by molar-refractivity contribution is 9.10. The Morgan fingerprint density at radius 2 is 0.595 bits per heavy atom. The van der Waals surface area contributed by atoms with Crippen LogP contribution in [0, 0.1) is 5.82 Å². The van der Waals surface area contributed by atoms with Crippen LogP contribution >= 0.6 is 27.5 Å². The Labute approximate surface area is 766 Å². The van der Waals surface area contributed by atoms with E-state index in [4.69, 9.17) is 16.3 Å². The van der Waals surface area contributed by atoms with Crippen molar-refractivity contribution >= 4 is 126 Å². The fraction of sp³-hybridized carbons (Fsp3) is 0.305. The normalized spacial score (nSPS) is 11.8. The van der Waals surface area contributed by atoms with Crippen molar-refractivity contribution in [1.82, 2.24) is 10.2 Å². The van der Waals surface area contributed by atoms with E-state index in [9.17, 15) is 14.0 Å². The average Bonchev–Trinajstić information content (AvgIpc) is 0.740. The van der Waals surface area contributed by atoms with Crippen molar-refractivity contribution in [3.8, 4) is 5.75 Å². The van der Waals surface area contributed by atoms with Crippen molar-refractivity contribution in [1.29, 1.82) is 0 Å². The van der Waals surface area contributed by atoms with Crippen molar-refractivity contribution in [3.63, 3.8) is 0 Å². The third-order valence-corrected chi connectivity index (χ3v) is 23.4. The van der Waals surface area contributed by atoms with E-state index in [0.29, 0.717) is 5.56 Å². The van der Waals surface area contributed by atoms with Crippen molar-refractivity contribution in [2.75, 3.05) is 28.3 Å². The van der Waals surface area contributed by atoms with Crippen LogP contribution in [0.3, 0.4) is 0 Å². The Hall–Kier alpha value is -11.0. The quantitative estimate of drug-likeness (QED) is 0.192. The molecule has 0 aliphatic heterocycles. The number of hydrogen-bond acceptors (Lipinski definition) is 3. The minimum atomic E-state index is -0.175. The van der Waals surface area contributed by atoms with Gasteiger partial charge in [0, 0.05) is 41.8 Å². The predicted octanol–water partition coefficient (Wildman–Crippen LogP) is 33.7. The first-order chi connectivity index (χ1) is 58.8. The van der Waals surface area contributed by atoms with Gasteiger partial charge in [0.05, 0.1) is 7.11 Å². The Kier molecular flexibility index (Phi) is 32.3. The zero-order chi connectivity index (χ0) is 92.8. The van der Waals surface area contributed by atoms with E-state index >= 15 is 0 Å². The van der Waals surface area contributed by atoms with E-state index in [0.717, 1.165) is 42.4 Å². The van der Waals surface area contributed by atoms with Gasteiger partial charge in [-0.05, 0) is 247 Å². The first-order valence-electron chi connectivity index (χ1n) is 43.9. The molecule has 0 saturated heterocycles. The van der Waals surface area contributed by atoms with Gasteiger partial charge in [0.1, 0.15) is 11.6 Å². The summed E-state index contributed by atoms with van der Waals surface area (Å²) in [5.74, 6) is 0.737. The van der Waals surface area contributed by atoms with Gasteiger partial charge in [0.2, 0.25) is 0 Å². The number of nitrogens with zero attached hydrogens (tertiary/aromatic N) is 1. The summed E-state index contributed by atoms with van der Waals surface area (Å²) < 4.78 is 19.3. The van der Waals surface area contributed by atoms with Crippen LogP contribution in [0.1, 0.15) is 231 Å². The molecule has 0 atom stereocenters. The van der Waals surface area contributed by atoms with Crippen LogP contribution in [0.25, 0.3) is 86.2 Å². The monoisotopic (exact) mass is 1760 g/mol. The third-order valence-electron chi connectivity index (χ3n) is 22.7. The van der Waals surface area contributed by atoms with E-state index in [1.807, 2.05) is 66.7 Å². The second-order valence-corrected chi connectivity index (χ2v) is 42.8. The number of carbonyl (C=O) groups is 2. The number of benzene rings is 16. The number of rotatable bonds is 3. The van der Waals surface area contributed by atoms with Crippen LogP contribution in [0.4, 0.5) is 4.39 Å². The number of fused-ring (bicyclic) bond motifs is 8. The molecule has 0 aliphatic carbocycles. The Morgan fingerprint density at radius 1 is 0.302 bits per heavy atom. The van der Waals surface area contributed by atoms with Crippen LogP contribution in [-0.2, 0) is 43.3 Å². The topological polar surface area (TPSA) is 58.6 Å². The zero-order valence-electron chi connectivity index (χ0n) is 80.2. The number of methoxy groups -OCH3 is 1. The fourth-order valence-electron chi connectivity index (χ4n) is 14.5. The summed E-state index contributed by atoms with van der Waals surface area (Å²) in [5, 5.41) is 23.0. The molecular weight excluding hydrogens is 1630 g/mol. The number of carbonyl (C=O) groups excluding carboxylic acids is 2. The fourth-order valence-corrected chi connectivity index (χ4v) is 15.1. The van der Waals surface area contributed by atoms with Gasteiger partial charge in [-0.1, -0.05) is 424 Å². The summed E-state index contributed by atoms with van der Waals surface area (Å²) in [4.78, 5) is 25.1. The van der Waals surface area contributed by atoms with Crippen LogP contribution < -0.4 is 10.1 Å². The number of halogens is 3. The molecule has 0 saturated carbocycles. The summed E-state index contributed by atoms with van der Waals surface area (Å²) in [6.45, 7) is 53.4. The summed E-state index contributed by atoms with van der Waals surface area (Å²) in [5.41, 5.74) is 13.8. The Bertz CT molecular complexity index is 6220. The molecule has 16 aromatic carbocycles. The Morgan fingerprint density at radius 3 is 0.992 bits per heavy atom. The van der Waals surface area contributed by atoms with Crippen molar-refractivity contribution < 1.29 is 18.7 Å². The average molecular weight is 1760 g/mol. The van der Waals surface area contributed by atoms with E-state index in [1.54, 1.807) is 39.2 Å². The SMILES string of the molecule is CC(C)(C)c1ccc2cc(Br)ccc2c1.CC(C)(C)c1ccc2cc(Cl)ccc2c1.CC(C)(C)c1ccc2cc(F)ccc2c1.CC(C)(C)c1ccc2ccccc2c1.CC(C)(C)c1cccc2ccccc12.CN(C)C(=O)c1ccc2cc(C(C)(C)C)ccc2c1.CNC(=O)c1ccc2cc(C(C)(C)C)ccc2c1.COc1ccc2cc(C(C)(C)C)ccc2c1. The highest BCUT2D eigenvalue weighted by atomic mass is 79.9. The number of hydrogen-bond donors (Lipinski definition) is 1. The summed E-state index contributed by atoms with van der Waals surface area (Å²) >= 11 is 9.44. The van der Waals surface area contributed by atoms with Gasteiger partial charge in [0.25, 0.3) is 11.8 Å². The van der Waals surface area contributed by atoms with Crippen molar-refractivity contribution in [3.05, 3.63) is 374 Å². The second kappa shape index (κ2) is 41.2. The van der Waals surface area contributed by atoms with Gasteiger partial charge >= 0.3 is 0 Å². The first-order valence-corrected chi connectivity index (χ1v) is 45.1. The first kappa shape index (κ1) is 98.8. The highest BCUT2D eigenvalue weighted by Gasteiger charge is 2.22. The molecule has 0 unspecified atom stereocenters. The van der Waals surface area contributed by atoms with Gasteiger partial charge < -0.3 is 15.0 Å². The molecule has 0 heterocycles. The van der Waals surface area contributed by atoms with Gasteiger partial charge in [0.15, 0.2) is 0 Å². The van der Waals surface area contributed by atoms with E-state index in [1.165, 1.54) is 115 Å². The Balaban J connectivity index is 0.000000163. The maximum Gasteiger partial charge on any atom is 0.253 e. The molecule has 5 nitrogen and oxygen atoms in total. The highest BCUT2D eigenvalue weighted by Crippen LogP contribution is 2.36. The number of amides is 2. The van der Waals surface area contributed by atoms with Gasteiger partial charge in [-0.2, -0.15) is 0 Å². The van der Waals surface area contributed by atoms with Crippen LogP contribution in [0.2, 0.25) is 5.02 Å². The lowest BCUT2D eigenvalue weighted by molar-refractivity contribution is 0.0827. The van der Waals surface area contributed by atoms with Crippen molar-refractivity contribution in [2.45, 2.75) is 209 Å². The number of ether oxygens (including phenoxy) is 1. The van der Waals surface area contributed by atoms with Gasteiger partial charge in [-0.3, -0.25) is 9.59 Å². The minimum Gasteiger partial charge on any atom is -0.497 e. The molecule has 8 heteroatoms. The molecule has 126 heavy (non-hydrogen) atoms. The third kappa shape index (κ3) is 27.8. The molecule has 2 amide bonds. The minimum absolute atomic E-state index is 0.0433. The predicted molar refractivity (Wildman–Crippen MR) is 552 cm³/mol. The zero-order valence-corrected chi connectivity index (χ0v) is 82.5. The molecule has 16 aromatic rings. The van der Waals surface area contributed by atoms with Crippen molar-refractivity contribution in [2.24, 2.45) is 0 Å². The second-order valence-electron chi connectivity index (χ2n) is 41.5. The molecule has 0 fully saturated rings. The lowest BCUT2D eigenvalue weighted by Crippen LogP contribution is -2.21. The molecule has 0 aromatic heterocycles. The summed E-state index contributed by atoms with van der Waals surface area (Å²) in [6, 6.07) is 104. The summed E-state index contributed by atoms with van der Waals surface area (Å²) in [6.07, 6.45) is 0. The standard InChI is InChI=1S/C17H21NO.C16H19NO.C15H18O.C14H15Br.C14H15Cl.C14H15F.2C14H16/c1-17(2,3)15-9-8-12-10-14(16(19)18(4)5)7-6-13(12)11-15;1-16(2,3)14-8-7-11-9-13(15(18)17-4)6-5-12(11)10-14;1-15(2,3)13-7-5-12-10-14(16-4)8-6-11(12)9-13;3*1-14(2,3)12-6-4-11-9-13(15)7-5-10(11)8-12;1-14(2,3)13-10-6-8-11-7-4-5-9-12(11)13;1-14(2,3)13-9-8-11-6-4-5-7-12(11)10-13/h6-11H,1-5H3;5-10H,1-4H3,(H,17,18);5-10H,1-4H3;3*4-9H,1-3H3;2*4-10H,1-3H3. The van der Waals surface area contributed by atoms with Crippen LogP contribution in [0.5, 0.6) is 5.75 Å². The van der Waals surface area contributed by atoms with Gasteiger partial charge in [-0.15, -0.1) is 0 Å². The van der Waals surface area contributed by atoms with Gasteiger partial charge in [-0.25, -0.2) is 4.39 Å². The molecule has 0 aliphatic rings. The molecular formula is C118H135BrClFN2O3. The number of nitrogens with one attached hydrogen (secondary N) is 1. The molecule has 16 rings (SSSR count). The largest absolute Gasteiger partial charge is 0.497 e. The molecule has 0 spiro atoms. The maximum atomic E-state index is 13.0. The smallest absolute Gasteiger partial charge is 0.253 e. The lowest BCUT2D eigenvalue weighted by Gasteiger charge is -2.21. The van der Waals surface area contributed by atoms with E-state index in [-0.39, 0.29) is 61.0 Å². The molecule has 656 valence electrons. The molecule has 1 N–H and O–H groups in total. The molecule has 0 radical (unpaired) electrons. The van der Waals surface area contributed by atoms with E-state index in [2.05, 4.69) is 412 Å². The maximum absolute atomic E-state index is 13.0. The summed E-state index contributed by atoms with van der Waals surface area (Å²) in [7, 11) is 6.89. The lowest BCUT2D eigenvalue weighted by atomic mass is 9.84.